The normalized spacial score (nSPS) is 12.3. The van der Waals surface area contributed by atoms with Crippen LogP contribution in [0.25, 0.3) is 11.1 Å². The van der Waals surface area contributed by atoms with Gasteiger partial charge in [-0.05, 0) is 42.3 Å². The van der Waals surface area contributed by atoms with E-state index in [0.29, 0.717) is 16.7 Å². The Hall–Kier alpha value is -2.33. The molecular weight excluding hydrogens is 288 g/mol. The number of benzene rings is 2. The summed E-state index contributed by atoms with van der Waals surface area (Å²) in [5, 5.41) is 3.02. The highest BCUT2D eigenvalue weighted by Crippen LogP contribution is 2.20. The van der Waals surface area contributed by atoms with E-state index in [1.807, 2.05) is 37.3 Å². The van der Waals surface area contributed by atoms with Crippen molar-refractivity contribution >= 4 is 28.6 Å². The number of aromatic nitrogens is 1. The topological polar surface area (TPSA) is 55.1 Å². The van der Waals surface area contributed by atoms with Gasteiger partial charge in [0.2, 0.25) is 0 Å². The Morgan fingerprint density at radius 2 is 2.00 bits per heavy atom. The zero-order valence-corrected chi connectivity index (χ0v) is 12.1. The van der Waals surface area contributed by atoms with E-state index in [1.165, 1.54) is 0 Å². The summed E-state index contributed by atoms with van der Waals surface area (Å²) in [5.41, 5.74) is 2.71. The standard InChI is InChI=1S/C16H13ClN2O2/c1-10(11-5-3-2-4-6-11)18-15(20)12-7-8-14-13(9-12)19-16(17)21-14/h2-10H,1H3,(H,18,20)/t10-/m1/s1. The highest BCUT2D eigenvalue weighted by atomic mass is 35.5. The largest absolute Gasteiger partial charge is 0.428 e. The van der Waals surface area contributed by atoms with Gasteiger partial charge in [0.15, 0.2) is 5.58 Å². The van der Waals surface area contributed by atoms with Crippen LogP contribution in [0.1, 0.15) is 28.9 Å². The van der Waals surface area contributed by atoms with Crippen molar-refractivity contribution in [2.24, 2.45) is 0 Å². The number of fused-ring (bicyclic) bond motifs is 1. The average molecular weight is 301 g/mol. The van der Waals surface area contributed by atoms with Gasteiger partial charge in [0.1, 0.15) is 5.52 Å². The molecule has 0 aliphatic carbocycles. The highest BCUT2D eigenvalue weighted by Gasteiger charge is 2.13. The van der Waals surface area contributed by atoms with Gasteiger partial charge >= 0.3 is 0 Å². The van der Waals surface area contributed by atoms with Crippen molar-refractivity contribution in [2.75, 3.05) is 0 Å². The lowest BCUT2D eigenvalue weighted by Gasteiger charge is -2.14. The van der Waals surface area contributed by atoms with E-state index in [0.717, 1.165) is 5.56 Å². The quantitative estimate of drug-likeness (QED) is 0.796. The van der Waals surface area contributed by atoms with E-state index in [9.17, 15) is 4.79 Å². The molecule has 0 bridgehead atoms. The molecule has 0 radical (unpaired) electrons. The van der Waals surface area contributed by atoms with Crippen LogP contribution in [0.4, 0.5) is 0 Å². The van der Waals surface area contributed by atoms with Crippen LogP contribution in [0, 0.1) is 0 Å². The molecule has 1 heterocycles. The molecule has 1 aromatic heterocycles. The Morgan fingerprint density at radius 1 is 1.24 bits per heavy atom. The molecule has 1 amide bonds. The molecule has 106 valence electrons. The van der Waals surface area contributed by atoms with Gasteiger partial charge in [-0.2, -0.15) is 4.98 Å². The van der Waals surface area contributed by atoms with Crippen LogP contribution in [0.15, 0.2) is 52.9 Å². The van der Waals surface area contributed by atoms with E-state index < -0.39 is 0 Å². The minimum atomic E-state index is -0.160. The minimum absolute atomic E-state index is 0.0696. The Morgan fingerprint density at radius 3 is 2.76 bits per heavy atom. The van der Waals surface area contributed by atoms with Gasteiger partial charge in [-0.25, -0.2) is 0 Å². The number of hydrogen-bond acceptors (Lipinski definition) is 3. The molecule has 0 fully saturated rings. The minimum Gasteiger partial charge on any atom is -0.428 e. The van der Waals surface area contributed by atoms with Crippen LogP contribution in [0.2, 0.25) is 5.35 Å². The molecule has 2 aromatic carbocycles. The number of nitrogens with one attached hydrogen (secondary N) is 1. The Kier molecular flexibility index (Phi) is 3.62. The summed E-state index contributed by atoms with van der Waals surface area (Å²) >= 11 is 5.70. The summed E-state index contributed by atoms with van der Waals surface area (Å²) in [6.45, 7) is 1.94. The van der Waals surface area contributed by atoms with Gasteiger partial charge in [0.05, 0.1) is 6.04 Å². The maximum absolute atomic E-state index is 12.3. The molecule has 0 unspecified atom stereocenters. The molecular formula is C16H13ClN2O2. The molecule has 0 saturated carbocycles. The Bertz CT molecular complexity index is 783. The number of nitrogens with zero attached hydrogens (tertiary/aromatic N) is 1. The van der Waals surface area contributed by atoms with Crippen LogP contribution in [0.5, 0.6) is 0 Å². The first-order valence-corrected chi connectivity index (χ1v) is 6.93. The number of amides is 1. The number of halogens is 1. The van der Waals surface area contributed by atoms with Crippen molar-refractivity contribution in [3.8, 4) is 0 Å². The Labute approximate surface area is 126 Å². The molecule has 0 aliphatic rings. The van der Waals surface area contributed by atoms with Gasteiger partial charge in [-0.3, -0.25) is 4.79 Å². The van der Waals surface area contributed by atoms with E-state index in [-0.39, 0.29) is 17.3 Å². The smallest absolute Gasteiger partial charge is 0.293 e. The third-order valence-corrected chi connectivity index (χ3v) is 3.43. The number of rotatable bonds is 3. The fourth-order valence-corrected chi connectivity index (χ4v) is 2.32. The second-order valence-corrected chi connectivity index (χ2v) is 5.08. The zero-order chi connectivity index (χ0) is 14.8. The summed E-state index contributed by atoms with van der Waals surface area (Å²) in [6.07, 6.45) is 0. The first kappa shape index (κ1) is 13.6. The van der Waals surface area contributed by atoms with E-state index in [4.69, 9.17) is 16.0 Å². The lowest BCUT2D eigenvalue weighted by Crippen LogP contribution is -2.26. The van der Waals surface area contributed by atoms with Crippen molar-refractivity contribution in [2.45, 2.75) is 13.0 Å². The maximum atomic E-state index is 12.3. The lowest BCUT2D eigenvalue weighted by atomic mass is 10.1. The molecule has 1 atom stereocenters. The predicted molar refractivity (Wildman–Crippen MR) is 81.3 cm³/mol. The van der Waals surface area contributed by atoms with Crippen molar-refractivity contribution in [1.82, 2.24) is 10.3 Å². The van der Waals surface area contributed by atoms with Gasteiger partial charge < -0.3 is 9.73 Å². The fourth-order valence-electron chi connectivity index (χ4n) is 2.15. The summed E-state index contributed by atoms with van der Waals surface area (Å²) in [5.74, 6) is -0.160. The first-order valence-electron chi connectivity index (χ1n) is 6.55. The molecule has 1 N–H and O–H groups in total. The molecule has 5 heteroatoms. The SMILES string of the molecule is C[C@@H](NC(=O)c1ccc2oc(Cl)nc2c1)c1ccccc1. The van der Waals surface area contributed by atoms with Gasteiger partial charge in [0.25, 0.3) is 11.3 Å². The molecule has 0 spiro atoms. The predicted octanol–water partition coefficient (Wildman–Crippen LogP) is 3.97. The van der Waals surface area contributed by atoms with Crippen LogP contribution < -0.4 is 5.32 Å². The second-order valence-electron chi connectivity index (χ2n) is 4.76. The molecule has 0 saturated heterocycles. The van der Waals surface area contributed by atoms with E-state index >= 15 is 0 Å². The highest BCUT2D eigenvalue weighted by molar-refractivity contribution is 6.28. The molecule has 3 rings (SSSR count). The summed E-state index contributed by atoms with van der Waals surface area (Å²) < 4.78 is 5.18. The van der Waals surface area contributed by atoms with Crippen molar-refractivity contribution in [1.29, 1.82) is 0 Å². The molecule has 3 aromatic rings. The molecule has 4 nitrogen and oxygen atoms in total. The van der Waals surface area contributed by atoms with Crippen LogP contribution in [-0.2, 0) is 0 Å². The van der Waals surface area contributed by atoms with Crippen molar-refractivity contribution in [3.05, 3.63) is 65.0 Å². The van der Waals surface area contributed by atoms with Crippen molar-refractivity contribution in [3.63, 3.8) is 0 Å². The molecule has 21 heavy (non-hydrogen) atoms. The average Bonchev–Trinajstić information content (AvgIpc) is 2.87. The number of oxazole rings is 1. The van der Waals surface area contributed by atoms with Crippen LogP contribution >= 0.6 is 11.6 Å². The van der Waals surface area contributed by atoms with Crippen LogP contribution in [-0.4, -0.2) is 10.9 Å². The van der Waals surface area contributed by atoms with Gasteiger partial charge in [-0.15, -0.1) is 0 Å². The zero-order valence-electron chi connectivity index (χ0n) is 11.3. The Balaban J connectivity index is 1.80. The van der Waals surface area contributed by atoms with Gasteiger partial charge in [0, 0.05) is 5.56 Å². The number of carbonyl (C=O) groups is 1. The summed E-state index contributed by atoms with van der Waals surface area (Å²) in [6, 6.07) is 14.8. The van der Waals surface area contributed by atoms with E-state index in [2.05, 4.69) is 10.3 Å². The summed E-state index contributed by atoms with van der Waals surface area (Å²) in [4.78, 5) is 16.3. The van der Waals surface area contributed by atoms with E-state index in [1.54, 1.807) is 18.2 Å². The lowest BCUT2D eigenvalue weighted by molar-refractivity contribution is 0.0940. The summed E-state index contributed by atoms with van der Waals surface area (Å²) in [7, 11) is 0. The van der Waals surface area contributed by atoms with Crippen LogP contribution in [0.3, 0.4) is 0 Å². The third kappa shape index (κ3) is 2.90. The van der Waals surface area contributed by atoms with Crippen molar-refractivity contribution < 1.29 is 9.21 Å². The second kappa shape index (κ2) is 5.58. The third-order valence-electron chi connectivity index (χ3n) is 3.27. The van der Waals surface area contributed by atoms with Gasteiger partial charge in [-0.1, -0.05) is 30.3 Å². The molecule has 0 aliphatic heterocycles. The number of hydrogen-bond donors (Lipinski definition) is 1. The fraction of sp³-hybridized carbons (Fsp3) is 0.125. The first-order chi connectivity index (χ1) is 10.1. The maximum Gasteiger partial charge on any atom is 0.293 e. The monoisotopic (exact) mass is 300 g/mol. The number of carbonyl (C=O) groups excluding carboxylic acids is 1.